The molecule has 1 aliphatic heterocycles. The zero-order chi connectivity index (χ0) is 17.7. The number of hydrogen-bond acceptors (Lipinski definition) is 2. The largest absolute Gasteiger partial charge is 0.356 e. The highest BCUT2D eigenvalue weighted by atomic mass is 16.2. The average molecular weight is 349 g/mol. The number of likely N-dealkylation sites (tertiary alicyclic amines) is 1. The summed E-state index contributed by atoms with van der Waals surface area (Å²) in [6.45, 7) is 5.08. The number of nitrogens with zero attached hydrogens (tertiary/aromatic N) is 2. The SMILES string of the molecule is CN=C(NCC1(C)CCCC1)NC1CCN(C(=O)C2CCCCC2)C1. The van der Waals surface area contributed by atoms with E-state index in [-0.39, 0.29) is 5.92 Å². The molecular formula is C20H36N4O. The topological polar surface area (TPSA) is 56.7 Å². The van der Waals surface area contributed by atoms with E-state index in [0.29, 0.717) is 17.4 Å². The number of amides is 1. The van der Waals surface area contributed by atoms with Crippen LogP contribution in [0.25, 0.3) is 0 Å². The van der Waals surface area contributed by atoms with Crippen molar-refractivity contribution in [1.82, 2.24) is 15.5 Å². The summed E-state index contributed by atoms with van der Waals surface area (Å²) >= 11 is 0. The number of carbonyl (C=O) groups is 1. The molecule has 1 saturated heterocycles. The molecule has 2 saturated carbocycles. The van der Waals surface area contributed by atoms with Gasteiger partial charge in [0.05, 0.1) is 0 Å². The van der Waals surface area contributed by atoms with Crippen molar-refractivity contribution in [1.29, 1.82) is 0 Å². The number of nitrogens with one attached hydrogen (secondary N) is 2. The summed E-state index contributed by atoms with van der Waals surface area (Å²) in [6.07, 6.45) is 12.3. The van der Waals surface area contributed by atoms with Crippen LogP contribution in [-0.4, -0.2) is 49.5 Å². The van der Waals surface area contributed by atoms with Crippen molar-refractivity contribution in [3.63, 3.8) is 0 Å². The maximum atomic E-state index is 12.7. The van der Waals surface area contributed by atoms with E-state index < -0.39 is 0 Å². The molecule has 0 aromatic carbocycles. The van der Waals surface area contributed by atoms with E-state index in [4.69, 9.17) is 0 Å². The van der Waals surface area contributed by atoms with E-state index in [9.17, 15) is 4.79 Å². The lowest BCUT2D eigenvalue weighted by atomic mass is 9.88. The summed E-state index contributed by atoms with van der Waals surface area (Å²) < 4.78 is 0. The molecule has 2 N–H and O–H groups in total. The first-order valence-electron chi connectivity index (χ1n) is 10.4. The van der Waals surface area contributed by atoms with E-state index in [1.807, 2.05) is 7.05 Å². The number of carbonyl (C=O) groups excluding carboxylic acids is 1. The lowest BCUT2D eigenvalue weighted by Gasteiger charge is -2.27. The third-order valence-electron chi connectivity index (χ3n) is 6.51. The molecule has 3 rings (SSSR count). The van der Waals surface area contributed by atoms with Crippen molar-refractivity contribution < 1.29 is 4.79 Å². The fourth-order valence-electron chi connectivity index (χ4n) is 4.78. The molecule has 5 heteroatoms. The molecule has 1 heterocycles. The highest BCUT2D eigenvalue weighted by Gasteiger charge is 2.32. The highest BCUT2D eigenvalue weighted by Crippen LogP contribution is 2.36. The van der Waals surface area contributed by atoms with Gasteiger partial charge in [-0.05, 0) is 37.5 Å². The van der Waals surface area contributed by atoms with Crippen LogP contribution in [0, 0.1) is 11.3 Å². The number of aliphatic imine (C=N–C) groups is 1. The highest BCUT2D eigenvalue weighted by molar-refractivity contribution is 5.81. The summed E-state index contributed by atoms with van der Waals surface area (Å²) in [5, 5.41) is 7.06. The Morgan fingerprint density at radius 1 is 1.12 bits per heavy atom. The van der Waals surface area contributed by atoms with Crippen LogP contribution in [0.15, 0.2) is 4.99 Å². The van der Waals surface area contributed by atoms with Crippen molar-refractivity contribution in [3.8, 4) is 0 Å². The van der Waals surface area contributed by atoms with Gasteiger partial charge in [0.1, 0.15) is 0 Å². The van der Waals surface area contributed by atoms with Crippen molar-refractivity contribution in [2.75, 3.05) is 26.7 Å². The maximum absolute atomic E-state index is 12.7. The Balaban J connectivity index is 1.44. The van der Waals surface area contributed by atoms with Gasteiger partial charge in [-0.15, -0.1) is 0 Å². The number of rotatable bonds is 4. The molecule has 142 valence electrons. The Labute approximate surface area is 153 Å². The third-order valence-corrected chi connectivity index (χ3v) is 6.51. The first-order valence-corrected chi connectivity index (χ1v) is 10.4. The predicted molar refractivity (Wildman–Crippen MR) is 103 cm³/mol. The van der Waals surface area contributed by atoms with Crippen LogP contribution in [-0.2, 0) is 4.79 Å². The first kappa shape index (κ1) is 18.5. The molecule has 0 radical (unpaired) electrons. The quantitative estimate of drug-likeness (QED) is 0.607. The lowest BCUT2D eigenvalue weighted by molar-refractivity contribution is -0.135. The van der Waals surface area contributed by atoms with Gasteiger partial charge in [0.2, 0.25) is 5.91 Å². The van der Waals surface area contributed by atoms with E-state index in [2.05, 4.69) is 27.4 Å². The molecule has 0 aromatic rings. The second-order valence-electron chi connectivity index (χ2n) is 8.69. The van der Waals surface area contributed by atoms with Crippen molar-refractivity contribution in [2.45, 2.75) is 77.2 Å². The van der Waals surface area contributed by atoms with Crippen LogP contribution in [0.2, 0.25) is 0 Å². The molecule has 25 heavy (non-hydrogen) atoms. The second kappa shape index (κ2) is 8.41. The Morgan fingerprint density at radius 3 is 2.52 bits per heavy atom. The normalized spacial score (nSPS) is 27.5. The molecule has 3 fully saturated rings. The zero-order valence-corrected chi connectivity index (χ0v) is 16.1. The van der Waals surface area contributed by atoms with Gasteiger partial charge < -0.3 is 15.5 Å². The Kier molecular flexibility index (Phi) is 6.24. The lowest BCUT2D eigenvalue weighted by Crippen LogP contribution is -2.47. The smallest absolute Gasteiger partial charge is 0.225 e. The Morgan fingerprint density at radius 2 is 1.84 bits per heavy atom. The van der Waals surface area contributed by atoms with Crippen LogP contribution < -0.4 is 10.6 Å². The molecule has 0 bridgehead atoms. The molecule has 1 amide bonds. The minimum Gasteiger partial charge on any atom is -0.356 e. The van der Waals surface area contributed by atoms with Crippen molar-refractivity contribution in [2.24, 2.45) is 16.3 Å². The van der Waals surface area contributed by atoms with Gasteiger partial charge in [-0.3, -0.25) is 9.79 Å². The van der Waals surface area contributed by atoms with E-state index >= 15 is 0 Å². The Bertz CT molecular complexity index is 478. The van der Waals surface area contributed by atoms with Crippen molar-refractivity contribution in [3.05, 3.63) is 0 Å². The van der Waals surface area contributed by atoms with Crippen LogP contribution in [0.1, 0.15) is 71.1 Å². The van der Waals surface area contributed by atoms with Crippen LogP contribution in [0.3, 0.4) is 0 Å². The van der Waals surface area contributed by atoms with E-state index in [1.54, 1.807) is 0 Å². The van der Waals surface area contributed by atoms with Crippen molar-refractivity contribution >= 4 is 11.9 Å². The fraction of sp³-hybridized carbons (Fsp3) is 0.900. The molecule has 0 spiro atoms. The summed E-state index contributed by atoms with van der Waals surface area (Å²) in [6, 6.07) is 0.329. The van der Waals surface area contributed by atoms with Gasteiger partial charge in [-0.2, -0.15) is 0 Å². The van der Waals surface area contributed by atoms with Crippen LogP contribution in [0.4, 0.5) is 0 Å². The van der Waals surface area contributed by atoms with Gasteiger partial charge in [0, 0.05) is 38.6 Å². The van der Waals surface area contributed by atoms with E-state index in [0.717, 1.165) is 44.9 Å². The molecule has 3 aliphatic rings. The third kappa shape index (κ3) is 4.89. The molecule has 5 nitrogen and oxygen atoms in total. The molecule has 2 aliphatic carbocycles. The summed E-state index contributed by atoms with van der Waals surface area (Å²) in [5.74, 6) is 1.57. The minimum absolute atomic E-state index is 0.284. The van der Waals surface area contributed by atoms with Gasteiger partial charge in [0.25, 0.3) is 0 Å². The standard InChI is InChI=1S/C20H36N4O/c1-20(11-6-7-12-20)15-22-19(21-2)23-17-10-13-24(14-17)18(25)16-8-4-3-5-9-16/h16-17H,3-15H2,1-2H3,(H2,21,22,23). The van der Waals surface area contributed by atoms with Crippen LogP contribution in [0.5, 0.6) is 0 Å². The summed E-state index contributed by atoms with van der Waals surface area (Å²) in [4.78, 5) is 19.2. The second-order valence-corrected chi connectivity index (χ2v) is 8.69. The molecule has 1 atom stereocenters. The average Bonchev–Trinajstić information content (AvgIpc) is 3.28. The fourth-order valence-corrected chi connectivity index (χ4v) is 4.78. The van der Waals surface area contributed by atoms with E-state index in [1.165, 1.54) is 44.9 Å². The maximum Gasteiger partial charge on any atom is 0.225 e. The monoisotopic (exact) mass is 348 g/mol. The summed E-state index contributed by atoms with van der Waals surface area (Å²) in [7, 11) is 1.84. The van der Waals surface area contributed by atoms with Crippen LogP contribution >= 0.6 is 0 Å². The van der Waals surface area contributed by atoms with Gasteiger partial charge in [-0.1, -0.05) is 39.0 Å². The minimum atomic E-state index is 0.284. The number of guanidine groups is 1. The zero-order valence-electron chi connectivity index (χ0n) is 16.1. The van der Waals surface area contributed by atoms with Gasteiger partial charge in [0.15, 0.2) is 5.96 Å². The number of hydrogen-bond donors (Lipinski definition) is 2. The molecule has 0 aromatic heterocycles. The summed E-state index contributed by atoms with van der Waals surface area (Å²) in [5.41, 5.74) is 0.413. The molecular weight excluding hydrogens is 312 g/mol. The first-order chi connectivity index (χ1) is 12.1. The molecule has 1 unspecified atom stereocenters. The van der Waals surface area contributed by atoms with Gasteiger partial charge >= 0.3 is 0 Å². The predicted octanol–water partition coefficient (Wildman–Crippen LogP) is 2.91. The van der Waals surface area contributed by atoms with Gasteiger partial charge in [-0.25, -0.2) is 0 Å². The Hall–Kier alpha value is -1.26.